The molecule has 26 heavy (non-hydrogen) atoms. The summed E-state index contributed by atoms with van der Waals surface area (Å²) in [6.07, 6.45) is 6.12. The second-order valence-corrected chi connectivity index (χ2v) is 6.66. The summed E-state index contributed by atoms with van der Waals surface area (Å²) in [7, 11) is 0. The van der Waals surface area contributed by atoms with E-state index in [-0.39, 0.29) is 5.41 Å². The van der Waals surface area contributed by atoms with Crippen LogP contribution in [-0.2, 0) is 5.41 Å². The molecule has 0 fully saturated rings. The van der Waals surface area contributed by atoms with Crippen molar-refractivity contribution >= 4 is 5.57 Å². The lowest BCUT2D eigenvalue weighted by molar-refractivity contribution is 0.761. The van der Waals surface area contributed by atoms with Crippen molar-refractivity contribution in [3.63, 3.8) is 0 Å². The van der Waals surface area contributed by atoms with Crippen molar-refractivity contribution in [1.29, 1.82) is 0 Å². The molecule has 0 unspecified atom stereocenters. The highest BCUT2D eigenvalue weighted by molar-refractivity contribution is 5.86. The van der Waals surface area contributed by atoms with Crippen LogP contribution in [0.15, 0.2) is 115 Å². The summed E-state index contributed by atoms with van der Waals surface area (Å²) < 4.78 is 0. The second kappa shape index (κ2) is 6.65. The molecule has 4 rings (SSSR count). The van der Waals surface area contributed by atoms with Gasteiger partial charge in [0.1, 0.15) is 0 Å². The van der Waals surface area contributed by atoms with E-state index < -0.39 is 0 Å². The predicted octanol–water partition coefficient (Wildman–Crippen LogP) is 6.55. The lowest BCUT2D eigenvalue weighted by Crippen LogP contribution is -2.29. The van der Waals surface area contributed by atoms with Crippen LogP contribution in [0.25, 0.3) is 5.57 Å². The Morgan fingerprint density at radius 3 is 1.85 bits per heavy atom. The zero-order chi connectivity index (χ0) is 18.0. The van der Waals surface area contributed by atoms with Gasteiger partial charge in [0.05, 0.1) is 5.41 Å². The largest absolute Gasteiger partial charge is 0.0991 e. The Kier molecular flexibility index (Phi) is 4.18. The Labute approximate surface area is 155 Å². The number of hydrogen-bond donors (Lipinski definition) is 0. The number of fused-ring (bicyclic) bond motifs is 1. The van der Waals surface area contributed by atoms with Gasteiger partial charge in [0.15, 0.2) is 0 Å². The summed E-state index contributed by atoms with van der Waals surface area (Å²) in [6.45, 7) is 6.11. The minimum Gasteiger partial charge on any atom is -0.0991 e. The van der Waals surface area contributed by atoms with Gasteiger partial charge in [-0.1, -0.05) is 110 Å². The first-order chi connectivity index (χ1) is 12.8. The van der Waals surface area contributed by atoms with Crippen LogP contribution in [0.1, 0.15) is 29.2 Å². The molecule has 0 nitrogen and oxygen atoms in total. The standard InChI is InChI=1S/C26H22/c1-3-4-18-24-20(2)23-17-11-12-19-25(23)26(24,21-13-7-5-8-14-21)22-15-9-6-10-16-22/h3-19H,1H2,2H3/b18-4-. The van der Waals surface area contributed by atoms with Gasteiger partial charge in [0.25, 0.3) is 0 Å². The molecule has 0 radical (unpaired) electrons. The maximum Gasteiger partial charge on any atom is 0.0710 e. The van der Waals surface area contributed by atoms with Crippen LogP contribution >= 0.6 is 0 Å². The molecule has 0 aliphatic heterocycles. The SMILES string of the molecule is C=C/C=C\C1=C(C)c2ccccc2C1(c1ccccc1)c1ccccc1. The Morgan fingerprint density at radius 1 is 0.731 bits per heavy atom. The Morgan fingerprint density at radius 2 is 1.27 bits per heavy atom. The van der Waals surface area contributed by atoms with Crippen LogP contribution < -0.4 is 0 Å². The second-order valence-electron chi connectivity index (χ2n) is 6.66. The Balaban J connectivity index is 2.16. The number of allylic oxidation sites excluding steroid dienone is 5. The summed E-state index contributed by atoms with van der Waals surface area (Å²) in [5.41, 5.74) is 7.59. The lowest BCUT2D eigenvalue weighted by Gasteiger charge is -2.34. The fraction of sp³-hybridized carbons (Fsp3) is 0.0769. The van der Waals surface area contributed by atoms with Gasteiger partial charge in [-0.05, 0) is 40.3 Å². The topological polar surface area (TPSA) is 0 Å². The van der Waals surface area contributed by atoms with Crippen LogP contribution in [0.3, 0.4) is 0 Å². The van der Waals surface area contributed by atoms with Gasteiger partial charge in [-0.25, -0.2) is 0 Å². The van der Waals surface area contributed by atoms with Gasteiger partial charge in [0, 0.05) is 0 Å². The van der Waals surface area contributed by atoms with E-state index in [0.717, 1.165) is 0 Å². The van der Waals surface area contributed by atoms with Crippen molar-refractivity contribution in [2.24, 2.45) is 0 Å². The molecule has 0 spiro atoms. The first kappa shape index (κ1) is 16.4. The van der Waals surface area contributed by atoms with Gasteiger partial charge < -0.3 is 0 Å². The van der Waals surface area contributed by atoms with Gasteiger partial charge in [-0.15, -0.1) is 0 Å². The van der Waals surface area contributed by atoms with Crippen LogP contribution in [0.5, 0.6) is 0 Å². The fourth-order valence-corrected chi connectivity index (χ4v) is 4.29. The van der Waals surface area contributed by atoms with E-state index in [0.29, 0.717) is 0 Å². The van der Waals surface area contributed by atoms with Crippen molar-refractivity contribution in [2.45, 2.75) is 12.3 Å². The van der Waals surface area contributed by atoms with Crippen molar-refractivity contribution in [1.82, 2.24) is 0 Å². The summed E-state index contributed by atoms with van der Waals surface area (Å²) in [5.74, 6) is 0. The van der Waals surface area contributed by atoms with E-state index in [9.17, 15) is 0 Å². The van der Waals surface area contributed by atoms with Gasteiger partial charge in [-0.3, -0.25) is 0 Å². The van der Waals surface area contributed by atoms with E-state index in [1.165, 1.54) is 33.4 Å². The number of hydrogen-bond acceptors (Lipinski definition) is 0. The summed E-state index contributed by atoms with van der Waals surface area (Å²) in [6, 6.07) is 30.4. The summed E-state index contributed by atoms with van der Waals surface area (Å²) >= 11 is 0. The molecule has 126 valence electrons. The average Bonchev–Trinajstić information content (AvgIpc) is 2.97. The van der Waals surface area contributed by atoms with E-state index >= 15 is 0 Å². The first-order valence-corrected chi connectivity index (χ1v) is 9.01. The number of rotatable bonds is 4. The third-order valence-corrected chi connectivity index (χ3v) is 5.36. The molecule has 0 heteroatoms. The van der Waals surface area contributed by atoms with Crippen LogP contribution in [0.2, 0.25) is 0 Å². The Hall–Kier alpha value is -3.12. The van der Waals surface area contributed by atoms with Gasteiger partial charge >= 0.3 is 0 Å². The molecular weight excluding hydrogens is 312 g/mol. The average molecular weight is 334 g/mol. The molecule has 1 aliphatic carbocycles. The highest BCUT2D eigenvalue weighted by Gasteiger charge is 2.45. The molecule has 0 aromatic heterocycles. The molecule has 3 aromatic carbocycles. The van der Waals surface area contributed by atoms with Crippen molar-refractivity contribution in [3.05, 3.63) is 138 Å². The molecule has 0 saturated carbocycles. The molecule has 0 N–H and O–H groups in total. The lowest BCUT2D eigenvalue weighted by atomic mass is 9.67. The molecule has 0 saturated heterocycles. The predicted molar refractivity (Wildman–Crippen MR) is 111 cm³/mol. The molecule has 0 heterocycles. The zero-order valence-corrected chi connectivity index (χ0v) is 15.0. The maximum absolute atomic E-state index is 3.88. The third kappa shape index (κ3) is 2.30. The smallest absolute Gasteiger partial charge is 0.0710 e. The molecule has 1 aliphatic rings. The van der Waals surface area contributed by atoms with E-state index in [1.807, 2.05) is 12.2 Å². The molecule has 0 amide bonds. The highest BCUT2D eigenvalue weighted by atomic mass is 14.5. The normalized spacial score (nSPS) is 15.3. The quantitative estimate of drug-likeness (QED) is 0.475. The molecular formula is C26H22. The van der Waals surface area contributed by atoms with Crippen LogP contribution in [0, 0.1) is 0 Å². The van der Waals surface area contributed by atoms with Crippen molar-refractivity contribution < 1.29 is 0 Å². The minimum atomic E-state index is -0.303. The minimum absolute atomic E-state index is 0.303. The molecule has 3 aromatic rings. The monoisotopic (exact) mass is 334 g/mol. The van der Waals surface area contributed by atoms with E-state index in [1.54, 1.807) is 0 Å². The molecule has 0 bridgehead atoms. The first-order valence-electron chi connectivity index (χ1n) is 9.01. The van der Waals surface area contributed by atoms with Crippen molar-refractivity contribution in [3.8, 4) is 0 Å². The summed E-state index contributed by atoms with van der Waals surface area (Å²) in [5, 5.41) is 0. The van der Waals surface area contributed by atoms with Crippen molar-refractivity contribution in [2.75, 3.05) is 0 Å². The van der Waals surface area contributed by atoms with Crippen LogP contribution in [0.4, 0.5) is 0 Å². The fourth-order valence-electron chi connectivity index (χ4n) is 4.29. The maximum atomic E-state index is 3.88. The van der Waals surface area contributed by atoms with E-state index in [2.05, 4.69) is 105 Å². The van der Waals surface area contributed by atoms with Gasteiger partial charge in [0.2, 0.25) is 0 Å². The summed E-state index contributed by atoms with van der Waals surface area (Å²) in [4.78, 5) is 0. The molecule has 0 atom stereocenters. The van der Waals surface area contributed by atoms with E-state index in [4.69, 9.17) is 0 Å². The van der Waals surface area contributed by atoms with Gasteiger partial charge in [-0.2, -0.15) is 0 Å². The third-order valence-electron chi connectivity index (χ3n) is 5.36. The van der Waals surface area contributed by atoms with Crippen LogP contribution in [-0.4, -0.2) is 0 Å². The highest BCUT2D eigenvalue weighted by Crippen LogP contribution is 2.54. The zero-order valence-electron chi connectivity index (χ0n) is 15.0. The Bertz CT molecular complexity index is 949. The number of benzene rings is 3.